The molecular weight excluding hydrogens is 460 g/mol. The molecule has 1 fully saturated rings. The predicted molar refractivity (Wildman–Crippen MR) is 142 cm³/mol. The Morgan fingerprint density at radius 1 is 0.971 bits per heavy atom. The molecule has 0 radical (unpaired) electrons. The summed E-state index contributed by atoms with van der Waals surface area (Å²) in [6, 6.07) is 20.4. The molecule has 0 unspecified atom stereocenters. The van der Waals surface area contributed by atoms with Crippen LogP contribution in [0.3, 0.4) is 0 Å². The molecule has 1 nitrogen and oxygen atoms in total. The summed E-state index contributed by atoms with van der Waals surface area (Å²) in [6.07, 6.45) is 4.28. The van der Waals surface area contributed by atoms with Gasteiger partial charge in [-0.2, -0.15) is 0 Å². The number of rotatable bonds is 7. The number of hydrogen-bond acceptors (Lipinski definition) is 1. The van der Waals surface area contributed by atoms with Crippen molar-refractivity contribution in [3.8, 4) is 0 Å². The molecule has 0 spiro atoms. The van der Waals surface area contributed by atoms with Crippen molar-refractivity contribution in [3.05, 3.63) is 105 Å². The molecule has 3 aromatic carbocycles. The minimum atomic E-state index is -0.271. The normalized spacial score (nSPS) is 16.7. The molecule has 1 aliphatic carbocycles. The maximum absolute atomic E-state index is 15.5. The van der Waals surface area contributed by atoms with Crippen LogP contribution in [-0.2, 0) is 12.8 Å². The second-order valence-corrected chi connectivity index (χ2v) is 10.4. The number of halogens is 3. The summed E-state index contributed by atoms with van der Waals surface area (Å²) in [4.78, 5) is 2.25. The van der Waals surface area contributed by atoms with Gasteiger partial charge in [0.1, 0.15) is 5.82 Å². The summed E-state index contributed by atoms with van der Waals surface area (Å²) in [5.74, 6) is 0.304. The van der Waals surface area contributed by atoms with Gasteiger partial charge in [0.15, 0.2) is 0 Å². The van der Waals surface area contributed by atoms with Crippen LogP contribution in [0.15, 0.2) is 60.7 Å². The maximum Gasteiger partial charge on any atom is 0.127 e. The van der Waals surface area contributed by atoms with Crippen molar-refractivity contribution in [3.63, 3.8) is 0 Å². The summed E-state index contributed by atoms with van der Waals surface area (Å²) in [5.41, 5.74) is 8.77. The first-order valence-electron chi connectivity index (χ1n) is 12.7. The van der Waals surface area contributed by atoms with Gasteiger partial charge in [-0.25, -0.2) is 4.39 Å². The SMILES string of the molecule is Cc1c(Cl)cccc1C1=C(c2ccc(CC3CN(CCCF)C3)c(F)c2)c2ccccc2CCC1. The molecule has 0 bridgehead atoms. The van der Waals surface area contributed by atoms with Gasteiger partial charge in [0.25, 0.3) is 0 Å². The molecule has 0 saturated carbocycles. The molecule has 3 aromatic rings. The molecular formula is C31H32ClF2N. The minimum Gasteiger partial charge on any atom is -0.303 e. The second-order valence-electron chi connectivity index (χ2n) is 9.96. The molecule has 1 heterocycles. The predicted octanol–water partition coefficient (Wildman–Crippen LogP) is 7.92. The highest BCUT2D eigenvalue weighted by molar-refractivity contribution is 6.31. The Kier molecular flexibility index (Phi) is 7.36. The highest BCUT2D eigenvalue weighted by atomic mass is 35.5. The van der Waals surface area contributed by atoms with Gasteiger partial charge >= 0.3 is 0 Å². The number of benzene rings is 3. The average molecular weight is 492 g/mol. The lowest BCUT2D eigenvalue weighted by molar-refractivity contribution is 0.0962. The standard InChI is InChI=1S/C31H32ClF2N/c1-21-26(10-5-12-29(21)32)28-11-4-8-23-7-2-3-9-27(23)31(28)25-14-13-24(30(34)18-25)17-22-19-35(20-22)16-6-15-33/h2-3,5,7,9-10,12-14,18,22H,4,6,8,11,15-17,19-20H2,1H3. The van der Waals surface area contributed by atoms with E-state index in [1.807, 2.05) is 18.2 Å². The number of alkyl halides is 1. The van der Waals surface area contributed by atoms with Gasteiger partial charge in [-0.3, -0.25) is 4.39 Å². The lowest BCUT2D eigenvalue weighted by Gasteiger charge is -2.39. The zero-order chi connectivity index (χ0) is 24.4. The average Bonchev–Trinajstić information content (AvgIpc) is 3.02. The van der Waals surface area contributed by atoms with Crippen molar-refractivity contribution in [2.24, 2.45) is 5.92 Å². The van der Waals surface area contributed by atoms with E-state index in [0.717, 1.165) is 78.2 Å². The van der Waals surface area contributed by atoms with Crippen molar-refractivity contribution in [1.29, 1.82) is 0 Å². The van der Waals surface area contributed by atoms with Crippen LogP contribution in [-0.4, -0.2) is 31.2 Å². The van der Waals surface area contributed by atoms with Gasteiger partial charge in [0, 0.05) is 24.7 Å². The zero-order valence-corrected chi connectivity index (χ0v) is 21.1. The van der Waals surface area contributed by atoms with E-state index in [2.05, 4.69) is 48.2 Å². The van der Waals surface area contributed by atoms with Crippen molar-refractivity contribution < 1.29 is 8.78 Å². The Labute approximate surface area is 212 Å². The fraction of sp³-hybridized carbons (Fsp3) is 0.355. The van der Waals surface area contributed by atoms with Gasteiger partial charge in [0.2, 0.25) is 0 Å². The van der Waals surface area contributed by atoms with Crippen LogP contribution < -0.4 is 0 Å². The van der Waals surface area contributed by atoms with Gasteiger partial charge < -0.3 is 4.90 Å². The molecule has 0 N–H and O–H groups in total. The summed E-state index contributed by atoms with van der Waals surface area (Å²) in [5, 5.41) is 0.759. The zero-order valence-electron chi connectivity index (χ0n) is 20.3. The number of fused-ring (bicyclic) bond motifs is 1. The first-order valence-corrected chi connectivity index (χ1v) is 13.1. The quantitative estimate of drug-likeness (QED) is 0.324. The lowest BCUT2D eigenvalue weighted by Crippen LogP contribution is -2.48. The van der Waals surface area contributed by atoms with Crippen molar-refractivity contribution in [2.45, 2.75) is 39.0 Å². The van der Waals surface area contributed by atoms with Crippen LogP contribution in [0.1, 0.15) is 52.6 Å². The number of hydrogen-bond donors (Lipinski definition) is 0. The third-order valence-corrected chi connectivity index (χ3v) is 7.95. The van der Waals surface area contributed by atoms with E-state index < -0.39 is 0 Å². The molecule has 1 saturated heterocycles. The van der Waals surface area contributed by atoms with E-state index in [9.17, 15) is 4.39 Å². The Morgan fingerprint density at radius 3 is 2.57 bits per heavy atom. The van der Waals surface area contributed by atoms with Crippen molar-refractivity contribution in [2.75, 3.05) is 26.3 Å². The molecule has 0 atom stereocenters. The number of likely N-dealkylation sites (tertiary alicyclic amines) is 1. The fourth-order valence-electron chi connectivity index (χ4n) is 5.71. The largest absolute Gasteiger partial charge is 0.303 e. The molecule has 0 aromatic heterocycles. The molecule has 182 valence electrons. The van der Waals surface area contributed by atoms with Gasteiger partial charge in [-0.1, -0.05) is 60.1 Å². The van der Waals surface area contributed by atoms with E-state index in [1.54, 1.807) is 6.07 Å². The maximum atomic E-state index is 15.5. The van der Waals surface area contributed by atoms with Crippen molar-refractivity contribution in [1.82, 2.24) is 4.90 Å². The molecule has 0 amide bonds. The van der Waals surface area contributed by atoms with Gasteiger partial charge in [-0.05, 0) is 102 Å². The lowest BCUT2D eigenvalue weighted by atomic mass is 9.85. The van der Waals surface area contributed by atoms with E-state index in [0.29, 0.717) is 12.3 Å². The summed E-state index contributed by atoms with van der Waals surface area (Å²) < 4.78 is 27.9. The first-order chi connectivity index (χ1) is 17.0. The molecule has 5 rings (SSSR count). The minimum absolute atomic E-state index is 0.138. The first kappa shape index (κ1) is 24.2. The van der Waals surface area contributed by atoms with Crippen LogP contribution in [0.4, 0.5) is 8.78 Å². The molecule has 35 heavy (non-hydrogen) atoms. The Balaban J connectivity index is 1.52. The molecule has 1 aliphatic heterocycles. The number of nitrogens with zero attached hydrogens (tertiary/aromatic N) is 1. The Bertz CT molecular complexity index is 1240. The Hall–Kier alpha value is -2.49. The summed E-state index contributed by atoms with van der Waals surface area (Å²) >= 11 is 6.52. The van der Waals surface area contributed by atoms with Gasteiger partial charge in [-0.15, -0.1) is 0 Å². The highest BCUT2D eigenvalue weighted by Crippen LogP contribution is 2.42. The van der Waals surface area contributed by atoms with Crippen LogP contribution in [0.2, 0.25) is 5.02 Å². The van der Waals surface area contributed by atoms with Gasteiger partial charge in [0.05, 0.1) is 6.67 Å². The topological polar surface area (TPSA) is 3.24 Å². The number of aryl methyl sites for hydroxylation is 1. The molecule has 4 heteroatoms. The van der Waals surface area contributed by atoms with E-state index in [-0.39, 0.29) is 12.5 Å². The number of allylic oxidation sites excluding steroid dienone is 1. The summed E-state index contributed by atoms with van der Waals surface area (Å²) in [6.45, 7) is 4.45. The van der Waals surface area contributed by atoms with Crippen LogP contribution in [0.25, 0.3) is 11.1 Å². The Morgan fingerprint density at radius 2 is 1.77 bits per heavy atom. The van der Waals surface area contributed by atoms with Crippen molar-refractivity contribution >= 4 is 22.7 Å². The highest BCUT2D eigenvalue weighted by Gasteiger charge is 2.27. The third-order valence-electron chi connectivity index (χ3n) is 7.55. The van der Waals surface area contributed by atoms with E-state index in [1.165, 1.54) is 16.7 Å². The van der Waals surface area contributed by atoms with Crippen LogP contribution >= 0.6 is 11.6 Å². The second kappa shape index (κ2) is 10.6. The summed E-state index contributed by atoms with van der Waals surface area (Å²) in [7, 11) is 0. The monoisotopic (exact) mass is 491 g/mol. The van der Waals surface area contributed by atoms with Crippen LogP contribution in [0, 0.1) is 18.7 Å². The fourth-order valence-corrected chi connectivity index (χ4v) is 5.88. The smallest absolute Gasteiger partial charge is 0.127 e. The molecule has 2 aliphatic rings. The van der Waals surface area contributed by atoms with E-state index in [4.69, 9.17) is 11.6 Å². The third kappa shape index (κ3) is 5.08. The van der Waals surface area contributed by atoms with E-state index >= 15 is 4.39 Å². The van der Waals surface area contributed by atoms with Crippen LogP contribution in [0.5, 0.6) is 0 Å².